The maximum Gasteiger partial charge on any atom is 0.119 e. The van der Waals surface area contributed by atoms with Gasteiger partial charge in [0.25, 0.3) is 0 Å². The van der Waals surface area contributed by atoms with Crippen LogP contribution in [-0.2, 0) is 0 Å². The summed E-state index contributed by atoms with van der Waals surface area (Å²) < 4.78 is 5.84. The Bertz CT molecular complexity index is 387. The summed E-state index contributed by atoms with van der Waals surface area (Å²) in [5, 5.41) is 0. The van der Waals surface area contributed by atoms with Crippen LogP contribution in [0.1, 0.15) is 89.5 Å². The van der Waals surface area contributed by atoms with Crippen molar-refractivity contribution in [2.75, 3.05) is 6.61 Å². The Morgan fingerprint density at radius 2 is 1.59 bits per heavy atom. The van der Waals surface area contributed by atoms with Gasteiger partial charge in [0.2, 0.25) is 0 Å². The highest BCUT2D eigenvalue weighted by Gasteiger charge is 2.21. The van der Waals surface area contributed by atoms with Crippen LogP contribution in [0, 0.1) is 5.92 Å². The van der Waals surface area contributed by atoms with E-state index in [4.69, 9.17) is 4.74 Å². The zero-order chi connectivity index (χ0) is 15.6. The van der Waals surface area contributed by atoms with Crippen molar-refractivity contribution in [2.45, 2.75) is 84.0 Å². The maximum absolute atomic E-state index is 5.84. The molecule has 22 heavy (non-hydrogen) atoms. The van der Waals surface area contributed by atoms with E-state index >= 15 is 0 Å². The molecule has 0 aromatic heterocycles. The lowest BCUT2D eigenvalue weighted by Crippen LogP contribution is -2.13. The summed E-state index contributed by atoms with van der Waals surface area (Å²) in [7, 11) is 0. The average molecular weight is 303 g/mol. The van der Waals surface area contributed by atoms with E-state index < -0.39 is 0 Å². The predicted octanol–water partition coefficient (Wildman–Crippen LogP) is 6.72. The fourth-order valence-electron chi connectivity index (χ4n) is 3.75. The molecule has 0 spiro atoms. The van der Waals surface area contributed by atoms with E-state index in [1.54, 1.807) is 0 Å². The Kier molecular flexibility index (Phi) is 7.83. The first-order valence-corrected chi connectivity index (χ1v) is 9.56. The van der Waals surface area contributed by atoms with Gasteiger partial charge in [0.15, 0.2) is 0 Å². The molecule has 0 amide bonds. The van der Waals surface area contributed by atoms with Gasteiger partial charge >= 0.3 is 0 Å². The van der Waals surface area contributed by atoms with Crippen LogP contribution in [0.25, 0.3) is 0 Å². The molecule has 0 atom stereocenters. The molecular weight excluding hydrogens is 268 g/mol. The van der Waals surface area contributed by atoms with E-state index in [-0.39, 0.29) is 0 Å². The van der Waals surface area contributed by atoms with Gasteiger partial charge in [-0.05, 0) is 61.6 Å². The van der Waals surface area contributed by atoms with E-state index in [0.717, 1.165) is 24.2 Å². The van der Waals surface area contributed by atoms with Gasteiger partial charge in [-0.3, -0.25) is 0 Å². The van der Waals surface area contributed by atoms with Gasteiger partial charge in [0.05, 0.1) is 6.61 Å². The van der Waals surface area contributed by atoms with Gasteiger partial charge < -0.3 is 4.74 Å². The molecule has 0 saturated heterocycles. The normalized spacial score (nSPS) is 21.7. The number of hydrogen-bond donors (Lipinski definition) is 0. The molecule has 1 saturated carbocycles. The van der Waals surface area contributed by atoms with Crippen LogP contribution >= 0.6 is 0 Å². The van der Waals surface area contributed by atoms with Crippen molar-refractivity contribution in [3.63, 3.8) is 0 Å². The van der Waals surface area contributed by atoms with Crippen molar-refractivity contribution < 1.29 is 4.74 Å². The van der Waals surface area contributed by atoms with Crippen molar-refractivity contribution in [1.29, 1.82) is 0 Å². The van der Waals surface area contributed by atoms with Crippen LogP contribution in [0.3, 0.4) is 0 Å². The van der Waals surface area contributed by atoms with E-state index in [2.05, 4.69) is 38.1 Å². The minimum absolute atomic E-state index is 0.784. The first-order chi connectivity index (χ1) is 10.8. The summed E-state index contributed by atoms with van der Waals surface area (Å²) in [5.41, 5.74) is 1.52. The second-order valence-corrected chi connectivity index (χ2v) is 6.98. The van der Waals surface area contributed by atoms with Crippen LogP contribution in [0.15, 0.2) is 24.3 Å². The first kappa shape index (κ1) is 17.4. The number of benzene rings is 1. The second-order valence-electron chi connectivity index (χ2n) is 6.98. The molecule has 1 aliphatic carbocycles. The Morgan fingerprint density at radius 1 is 0.864 bits per heavy atom. The molecule has 0 aliphatic heterocycles. The number of ether oxygens (including phenoxy) is 1. The summed E-state index contributed by atoms with van der Waals surface area (Å²) in [4.78, 5) is 0. The molecule has 1 aromatic rings. The highest BCUT2D eigenvalue weighted by molar-refractivity contribution is 5.29. The first-order valence-electron chi connectivity index (χ1n) is 9.56. The molecule has 1 aliphatic rings. The molecule has 0 N–H and O–H groups in total. The Labute approximate surface area is 137 Å². The lowest BCUT2D eigenvalue weighted by molar-refractivity contribution is 0.302. The van der Waals surface area contributed by atoms with Crippen molar-refractivity contribution in [2.24, 2.45) is 5.92 Å². The van der Waals surface area contributed by atoms with E-state index in [9.17, 15) is 0 Å². The minimum atomic E-state index is 0.784. The zero-order valence-corrected chi connectivity index (χ0v) is 14.7. The molecule has 0 unspecified atom stereocenters. The fourth-order valence-corrected chi connectivity index (χ4v) is 3.75. The Hall–Kier alpha value is -0.980. The largest absolute Gasteiger partial charge is 0.494 e. The molecule has 1 aromatic carbocycles. The molecule has 0 radical (unpaired) electrons. The smallest absolute Gasteiger partial charge is 0.119 e. The van der Waals surface area contributed by atoms with Crippen molar-refractivity contribution in [3.8, 4) is 5.75 Å². The third kappa shape index (κ3) is 5.66. The van der Waals surface area contributed by atoms with Gasteiger partial charge in [-0.25, -0.2) is 0 Å². The van der Waals surface area contributed by atoms with Crippen LogP contribution in [0.5, 0.6) is 5.75 Å². The minimum Gasteiger partial charge on any atom is -0.494 e. The number of unbranched alkanes of at least 4 members (excludes halogenated alkanes) is 3. The summed E-state index contributed by atoms with van der Waals surface area (Å²) in [5.74, 6) is 2.82. The lowest BCUT2D eigenvalue weighted by Gasteiger charge is -2.28. The molecule has 124 valence electrons. The van der Waals surface area contributed by atoms with E-state index in [0.29, 0.717) is 0 Å². The predicted molar refractivity (Wildman–Crippen MR) is 95.7 cm³/mol. The maximum atomic E-state index is 5.84. The molecule has 1 fully saturated rings. The second kappa shape index (κ2) is 9.92. The summed E-state index contributed by atoms with van der Waals surface area (Å²) in [6.07, 6.45) is 13.5. The Balaban J connectivity index is 1.72. The molecule has 1 heteroatoms. The highest BCUT2D eigenvalue weighted by atomic mass is 16.5. The van der Waals surface area contributed by atoms with Crippen molar-refractivity contribution in [1.82, 2.24) is 0 Å². The Morgan fingerprint density at radius 3 is 2.23 bits per heavy atom. The topological polar surface area (TPSA) is 9.23 Å². The SMILES string of the molecule is CCCCCCOc1ccc(C2CCC(CCC)CC2)cc1. The molecule has 2 rings (SSSR count). The van der Waals surface area contributed by atoms with Gasteiger partial charge in [-0.15, -0.1) is 0 Å². The molecule has 0 heterocycles. The van der Waals surface area contributed by atoms with Crippen LogP contribution < -0.4 is 4.74 Å². The van der Waals surface area contributed by atoms with Gasteiger partial charge in [-0.2, -0.15) is 0 Å². The average Bonchev–Trinajstić information content (AvgIpc) is 2.56. The fraction of sp³-hybridized carbons (Fsp3) is 0.714. The summed E-state index contributed by atoms with van der Waals surface area (Å²) in [6.45, 7) is 5.42. The zero-order valence-electron chi connectivity index (χ0n) is 14.7. The lowest BCUT2D eigenvalue weighted by atomic mass is 9.77. The number of rotatable bonds is 9. The number of hydrogen-bond acceptors (Lipinski definition) is 1. The van der Waals surface area contributed by atoms with Crippen LogP contribution in [0.2, 0.25) is 0 Å². The van der Waals surface area contributed by atoms with E-state index in [1.807, 2.05) is 0 Å². The summed E-state index contributed by atoms with van der Waals surface area (Å²) >= 11 is 0. The third-order valence-electron chi connectivity index (χ3n) is 5.16. The third-order valence-corrected chi connectivity index (χ3v) is 5.16. The van der Waals surface area contributed by atoms with E-state index in [1.165, 1.54) is 69.8 Å². The molecule has 0 bridgehead atoms. The van der Waals surface area contributed by atoms with Crippen LogP contribution in [-0.4, -0.2) is 6.61 Å². The monoisotopic (exact) mass is 302 g/mol. The molecular formula is C21H34O. The van der Waals surface area contributed by atoms with Gasteiger partial charge in [-0.1, -0.05) is 58.1 Å². The van der Waals surface area contributed by atoms with Gasteiger partial charge in [0, 0.05) is 0 Å². The van der Waals surface area contributed by atoms with Gasteiger partial charge in [0.1, 0.15) is 5.75 Å². The van der Waals surface area contributed by atoms with Crippen LogP contribution in [0.4, 0.5) is 0 Å². The molecule has 1 nitrogen and oxygen atoms in total. The summed E-state index contributed by atoms with van der Waals surface area (Å²) in [6, 6.07) is 8.94. The standard InChI is InChI=1S/C21H34O/c1-3-5-6-7-17-22-21-15-13-20(14-16-21)19-11-9-18(8-4-2)10-12-19/h13-16,18-19H,3-12,17H2,1-2H3. The van der Waals surface area contributed by atoms with Crippen molar-refractivity contribution >= 4 is 0 Å². The quantitative estimate of drug-likeness (QED) is 0.460. The van der Waals surface area contributed by atoms with Crippen molar-refractivity contribution in [3.05, 3.63) is 29.8 Å². The highest BCUT2D eigenvalue weighted by Crippen LogP contribution is 2.37.